The van der Waals surface area contributed by atoms with Gasteiger partial charge in [-0.05, 0) is 6.92 Å². The Bertz CT molecular complexity index is 388. The average molecular weight is 193 g/mol. The van der Waals surface area contributed by atoms with Crippen molar-refractivity contribution >= 4 is 0 Å². The highest BCUT2D eigenvalue weighted by Crippen LogP contribution is 1.99. The van der Waals surface area contributed by atoms with Gasteiger partial charge in [0.2, 0.25) is 0 Å². The Balaban J connectivity index is 2.11. The first-order valence-electron chi connectivity index (χ1n) is 4.24. The summed E-state index contributed by atoms with van der Waals surface area (Å²) in [5.41, 5.74) is 6.44. The van der Waals surface area contributed by atoms with Gasteiger partial charge in [0.05, 0.1) is 18.9 Å². The van der Waals surface area contributed by atoms with Crippen LogP contribution in [-0.2, 0) is 6.54 Å². The van der Waals surface area contributed by atoms with Crippen LogP contribution in [-0.4, -0.2) is 29.8 Å². The molecule has 0 fully saturated rings. The van der Waals surface area contributed by atoms with Gasteiger partial charge in [0.1, 0.15) is 18.3 Å². The van der Waals surface area contributed by atoms with Crippen molar-refractivity contribution in [2.45, 2.75) is 19.6 Å². The molecule has 0 saturated heterocycles. The van der Waals surface area contributed by atoms with E-state index in [1.807, 2.05) is 6.92 Å². The smallest absolute Gasteiger partial charge is 0.137 e. The maximum Gasteiger partial charge on any atom is 0.137 e. The predicted molar refractivity (Wildman–Crippen MR) is 48.0 cm³/mol. The monoisotopic (exact) mass is 193 g/mol. The van der Waals surface area contributed by atoms with Crippen LogP contribution in [0.3, 0.4) is 0 Å². The summed E-state index contributed by atoms with van der Waals surface area (Å²) in [6.45, 7) is 2.40. The van der Waals surface area contributed by atoms with E-state index >= 15 is 0 Å². The third-order valence-corrected chi connectivity index (χ3v) is 1.77. The van der Waals surface area contributed by atoms with Crippen LogP contribution in [0, 0.1) is 0 Å². The van der Waals surface area contributed by atoms with Gasteiger partial charge in [0.15, 0.2) is 0 Å². The Labute approximate surface area is 80.5 Å². The summed E-state index contributed by atoms with van der Waals surface area (Å²) in [6, 6.07) is 0. The molecule has 0 aliphatic heterocycles. The van der Waals surface area contributed by atoms with Crippen LogP contribution in [0.4, 0.5) is 0 Å². The predicted octanol–water partition coefficient (Wildman–Crippen LogP) is -0.605. The van der Waals surface area contributed by atoms with E-state index in [9.17, 15) is 0 Å². The fourth-order valence-corrected chi connectivity index (χ4v) is 1.07. The van der Waals surface area contributed by atoms with Crippen molar-refractivity contribution < 1.29 is 0 Å². The van der Waals surface area contributed by atoms with Crippen molar-refractivity contribution in [2.24, 2.45) is 5.73 Å². The average Bonchev–Trinajstić information content (AvgIpc) is 2.75. The lowest BCUT2D eigenvalue weighted by Gasteiger charge is -2.01. The second-order valence-electron chi connectivity index (χ2n) is 3.02. The molecule has 14 heavy (non-hydrogen) atoms. The maximum atomic E-state index is 5.63. The van der Waals surface area contributed by atoms with Crippen LogP contribution in [0.5, 0.6) is 0 Å². The number of nitrogens with zero attached hydrogens (tertiary/aromatic N) is 6. The molecule has 0 aliphatic rings. The second kappa shape index (κ2) is 3.54. The van der Waals surface area contributed by atoms with E-state index in [1.54, 1.807) is 21.9 Å². The Morgan fingerprint density at radius 3 is 3.00 bits per heavy atom. The SMILES string of the molecule is CC(N)n1cc(Cn2cncn2)nn1. The molecule has 0 saturated carbocycles. The topological polar surface area (TPSA) is 87.4 Å². The molecular weight excluding hydrogens is 182 g/mol. The maximum absolute atomic E-state index is 5.63. The van der Waals surface area contributed by atoms with Gasteiger partial charge in [0.25, 0.3) is 0 Å². The van der Waals surface area contributed by atoms with E-state index in [2.05, 4.69) is 20.4 Å². The number of rotatable bonds is 3. The van der Waals surface area contributed by atoms with Crippen LogP contribution in [0.1, 0.15) is 18.8 Å². The highest BCUT2D eigenvalue weighted by molar-refractivity contribution is 4.93. The summed E-state index contributed by atoms with van der Waals surface area (Å²) in [5.74, 6) is 0. The largest absolute Gasteiger partial charge is 0.310 e. The lowest BCUT2D eigenvalue weighted by atomic mass is 10.5. The molecule has 0 amide bonds. The standard InChI is InChI=1S/C7H11N7/c1-6(8)14-3-7(11-12-14)2-13-5-9-4-10-13/h3-6H,2,8H2,1H3. The van der Waals surface area contributed by atoms with Crippen molar-refractivity contribution in [1.82, 2.24) is 29.8 Å². The van der Waals surface area contributed by atoms with Crippen LogP contribution in [0.25, 0.3) is 0 Å². The first kappa shape index (κ1) is 8.82. The summed E-state index contributed by atoms with van der Waals surface area (Å²) in [5, 5.41) is 11.8. The summed E-state index contributed by atoms with van der Waals surface area (Å²) >= 11 is 0. The zero-order chi connectivity index (χ0) is 9.97. The van der Waals surface area contributed by atoms with Gasteiger partial charge in [-0.3, -0.25) is 0 Å². The molecular formula is C7H11N7. The first-order valence-corrected chi connectivity index (χ1v) is 4.24. The van der Waals surface area contributed by atoms with Crippen LogP contribution >= 0.6 is 0 Å². The van der Waals surface area contributed by atoms with E-state index in [0.717, 1.165) is 5.69 Å². The van der Waals surface area contributed by atoms with Crippen LogP contribution in [0.15, 0.2) is 18.9 Å². The molecule has 2 heterocycles. The minimum absolute atomic E-state index is 0.160. The van der Waals surface area contributed by atoms with Gasteiger partial charge in [0, 0.05) is 0 Å². The Hall–Kier alpha value is -1.76. The van der Waals surface area contributed by atoms with Gasteiger partial charge in [-0.25, -0.2) is 14.3 Å². The van der Waals surface area contributed by atoms with Gasteiger partial charge >= 0.3 is 0 Å². The van der Waals surface area contributed by atoms with Crippen molar-refractivity contribution in [3.8, 4) is 0 Å². The third-order valence-electron chi connectivity index (χ3n) is 1.77. The Morgan fingerprint density at radius 2 is 2.43 bits per heavy atom. The minimum Gasteiger partial charge on any atom is -0.310 e. The van der Waals surface area contributed by atoms with Crippen LogP contribution in [0.2, 0.25) is 0 Å². The highest BCUT2D eigenvalue weighted by atomic mass is 15.5. The molecule has 0 spiro atoms. The van der Waals surface area contributed by atoms with Gasteiger partial charge in [-0.2, -0.15) is 5.10 Å². The highest BCUT2D eigenvalue weighted by Gasteiger charge is 2.04. The van der Waals surface area contributed by atoms with E-state index < -0.39 is 0 Å². The number of nitrogens with two attached hydrogens (primary N) is 1. The van der Waals surface area contributed by atoms with Crippen molar-refractivity contribution in [1.29, 1.82) is 0 Å². The zero-order valence-electron chi connectivity index (χ0n) is 7.78. The van der Waals surface area contributed by atoms with Gasteiger partial charge < -0.3 is 5.73 Å². The molecule has 0 radical (unpaired) electrons. The van der Waals surface area contributed by atoms with E-state index in [1.165, 1.54) is 6.33 Å². The molecule has 2 N–H and O–H groups in total. The normalized spacial score (nSPS) is 13.0. The van der Waals surface area contributed by atoms with Crippen molar-refractivity contribution in [3.05, 3.63) is 24.5 Å². The zero-order valence-corrected chi connectivity index (χ0v) is 7.78. The lowest BCUT2D eigenvalue weighted by Crippen LogP contribution is -2.14. The van der Waals surface area contributed by atoms with Crippen LogP contribution < -0.4 is 5.73 Å². The Kier molecular flexibility index (Phi) is 2.23. The van der Waals surface area contributed by atoms with Gasteiger partial charge in [-0.1, -0.05) is 5.21 Å². The van der Waals surface area contributed by atoms with Crippen molar-refractivity contribution in [2.75, 3.05) is 0 Å². The summed E-state index contributed by atoms with van der Waals surface area (Å²) in [6.07, 6.45) is 4.75. The molecule has 2 aromatic rings. The molecule has 7 heteroatoms. The third kappa shape index (κ3) is 1.77. The molecule has 0 aliphatic carbocycles. The molecule has 1 unspecified atom stereocenters. The Morgan fingerprint density at radius 1 is 1.57 bits per heavy atom. The quantitative estimate of drug-likeness (QED) is 0.703. The fraction of sp³-hybridized carbons (Fsp3) is 0.429. The second-order valence-corrected chi connectivity index (χ2v) is 3.02. The molecule has 2 rings (SSSR count). The summed E-state index contributed by atoms with van der Waals surface area (Å²) < 4.78 is 3.28. The van der Waals surface area contributed by atoms with E-state index in [-0.39, 0.29) is 6.17 Å². The lowest BCUT2D eigenvalue weighted by molar-refractivity contribution is 0.493. The molecule has 2 aromatic heterocycles. The first-order chi connectivity index (χ1) is 6.75. The number of aromatic nitrogens is 6. The molecule has 0 aromatic carbocycles. The molecule has 1 atom stereocenters. The molecule has 7 nitrogen and oxygen atoms in total. The van der Waals surface area contributed by atoms with E-state index in [4.69, 9.17) is 5.73 Å². The fourth-order valence-electron chi connectivity index (χ4n) is 1.07. The summed E-state index contributed by atoms with van der Waals surface area (Å²) in [7, 11) is 0. The molecule has 74 valence electrons. The van der Waals surface area contributed by atoms with Crippen molar-refractivity contribution in [3.63, 3.8) is 0 Å². The summed E-state index contributed by atoms with van der Waals surface area (Å²) in [4.78, 5) is 3.83. The number of hydrogen-bond acceptors (Lipinski definition) is 5. The number of hydrogen-bond donors (Lipinski definition) is 1. The van der Waals surface area contributed by atoms with Gasteiger partial charge in [-0.15, -0.1) is 5.10 Å². The minimum atomic E-state index is -0.160. The molecule has 0 bridgehead atoms. The van der Waals surface area contributed by atoms with E-state index in [0.29, 0.717) is 6.54 Å².